The van der Waals surface area contributed by atoms with Crippen LogP contribution in [0.5, 0.6) is 5.75 Å². The summed E-state index contributed by atoms with van der Waals surface area (Å²) in [6.07, 6.45) is 2.43. The number of carbonyl (C=O) groups is 1. The van der Waals surface area contributed by atoms with Gasteiger partial charge in [-0.1, -0.05) is 13.8 Å². The number of aryl methyl sites for hydroxylation is 1. The molecule has 7 nitrogen and oxygen atoms in total. The van der Waals surface area contributed by atoms with E-state index in [1.165, 1.54) is 23.4 Å². The van der Waals surface area contributed by atoms with Gasteiger partial charge < -0.3 is 4.74 Å². The quantitative estimate of drug-likeness (QED) is 0.426. The fraction of sp³-hybridized carbons (Fsp3) is 0.364. The number of carbonyl (C=O) groups excluding carboxylic acids is 1. The van der Waals surface area contributed by atoms with Gasteiger partial charge in [0, 0.05) is 30.8 Å². The summed E-state index contributed by atoms with van der Waals surface area (Å²) in [5.74, 6) is 1.15. The molecule has 0 aliphatic carbocycles. The van der Waals surface area contributed by atoms with Gasteiger partial charge in [-0.05, 0) is 42.2 Å². The third-order valence-electron chi connectivity index (χ3n) is 4.88. The highest BCUT2D eigenvalue weighted by Gasteiger charge is 2.19. The number of pyridine rings is 1. The maximum atomic E-state index is 12.9. The number of methoxy groups -OCH3 is 1. The van der Waals surface area contributed by atoms with E-state index in [-0.39, 0.29) is 11.5 Å². The summed E-state index contributed by atoms with van der Waals surface area (Å²) in [6, 6.07) is 6.94. The van der Waals surface area contributed by atoms with E-state index in [0.29, 0.717) is 39.6 Å². The van der Waals surface area contributed by atoms with Crippen molar-refractivity contribution >= 4 is 28.6 Å². The molecule has 3 aromatic rings. The lowest BCUT2D eigenvalue weighted by molar-refractivity contribution is 0.102. The fourth-order valence-electron chi connectivity index (χ4n) is 3.29. The van der Waals surface area contributed by atoms with Crippen LogP contribution in [-0.4, -0.2) is 32.8 Å². The van der Waals surface area contributed by atoms with Gasteiger partial charge in [0.25, 0.3) is 5.56 Å². The van der Waals surface area contributed by atoms with E-state index in [0.717, 1.165) is 10.1 Å². The van der Waals surface area contributed by atoms with Crippen molar-refractivity contribution in [1.29, 1.82) is 0 Å². The minimum atomic E-state index is -0.429. The molecular formula is C22H25N3O4S. The number of benzene rings is 1. The Morgan fingerprint density at radius 3 is 2.40 bits per heavy atom. The molecule has 0 saturated carbocycles. The molecule has 2 heterocycles. The van der Waals surface area contributed by atoms with Gasteiger partial charge in [0.2, 0.25) is 0 Å². The van der Waals surface area contributed by atoms with Crippen LogP contribution in [-0.2, 0) is 20.5 Å². The molecule has 0 saturated heterocycles. The highest BCUT2D eigenvalue weighted by atomic mass is 32.2. The maximum Gasteiger partial charge on any atom is 0.332 e. The molecule has 2 aromatic heterocycles. The Morgan fingerprint density at radius 1 is 1.13 bits per heavy atom. The van der Waals surface area contributed by atoms with E-state index in [1.807, 2.05) is 0 Å². The average Bonchev–Trinajstić information content (AvgIpc) is 2.74. The van der Waals surface area contributed by atoms with E-state index in [9.17, 15) is 14.4 Å². The number of hydrogen-bond donors (Lipinski definition) is 0. The van der Waals surface area contributed by atoms with Gasteiger partial charge in [-0.2, -0.15) is 0 Å². The van der Waals surface area contributed by atoms with E-state index in [1.54, 1.807) is 44.6 Å². The van der Waals surface area contributed by atoms with Crippen LogP contribution in [0.2, 0.25) is 0 Å². The van der Waals surface area contributed by atoms with Crippen LogP contribution in [0, 0.1) is 5.92 Å². The number of ether oxygens (including phenoxy) is 1. The lowest BCUT2D eigenvalue weighted by Crippen LogP contribution is -2.37. The molecule has 0 N–H and O–H groups in total. The van der Waals surface area contributed by atoms with E-state index in [4.69, 9.17) is 4.74 Å². The zero-order chi connectivity index (χ0) is 22.0. The second-order valence-electron chi connectivity index (χ2n) is 7.56. The van der Waals surface area contributed by atoms with Crippen LogP contribution in [0.3, 0.4) is 0 Å². The van der Waals surface area contributed by atoms with Gasteiger partial charge in [-0.3, -0.25) is 18.7 Å². The molecular weight excluding hydrogens is 402 g/mol. The van der Waals surface area contributed by atoms with E-state index >= 15 is 0 Å². The summed E-state index contributed by atoms with van der Waals surface area (Å²) in [7, 11) is 4.62. The summed E-state index contributed by atoms with van der Waals surface area (Å²) in [6.45, 7) is 4.17. The topological polar surface area (TPSA) is 83.2 Å². The van der Waals surface area contributed by atoms with Gasteiger partial charge in [-0.15, -0.1) is 11.8 Å². The molecule has 0 atom stereocenters. The standard InChI is InChI=1S/C22H25N3O4S/c1-13(2)10-15-11-23-20-18(21(27)25(4)22(28)24(20)3)19(15)30-12-17(26)14-6-8-16(29-5)9-7-14/h6-9,11,13H,10,12H2,1-5H3. The van der Waals surface area contributed by atoms with E-state index in [2.05, 4.69) is 18.8 Å². The van der Waals surface area contributed by atoms with Crippen molar-refractivity contribution in [1.82, 2.24) is 14.1 Å². The first kappa shape index (κ1) is 21.8. The molecule has 8 heteroatoms. The largest absolute Gasteiger partial charge is 0.497 e. The monoisotopic (exact) mass is 427 g/mol. The normalized spacial score (nSPS) is 11.3. The first-order valence-electron chi connectivity index (χ1n) is 9.62. The molecule has 158 valence electrons. The van der Waals surface area contributed by atoms with Crippen LogP contribution in [0.4, 0.5) is 0 Å². The molecule has 0 aliphatic heterocycles. The summed E-state index contributed by atoms with van der Waals surface area (Å²) >= 11 is 1.32. The molecule has 1 aromatic carbocycles. The predicted octanol–water partition coefficient (Wildman–Crippen LogP) is 2.81. The molecule has 0 unspecified atom stereocenters. The molecule has 30 heavy (non-hydrogen) atoms. The average molecular weight is 428 g/mol. The Hall–Kier alpha value is -2.87. The number of Topliss-reactive ketones (excluding diaryl/α,β-unsaturated/α-hetero) is 1. The molecule has 0 fully saturated rings. The Morgan fingerprint density at radius 2 is 1.80 bits per heavy atom. The van der Waals surface area contributed by atoms with Gasteiger partial charge in [-0.25, -0.2) is 9.78 Å². The van der Waals surface area contributed by atoms with Crippen molar-refractivity contribution in [2.75, 3.05) is 12.9 Å². The number of ketones is 1. The smallest absolute Gasteiger partial charge is 0.332 e. The highest BCUT2D eigenvalue weighted by molar-refractivity contribution is 8.00. The van der Waals surface area contributed by atoms with Crippen molar-refractivity contribution in [3.8, 4) is 5.75 Å². The van der Waals surface area contributed by atoms with Gasteiger partial charge in [0.05, 0.1) is 18.2 Å². The first-order chi connectivity index (χ1) is 14.2. The number of fused-ring (bicyclic) bond motifs is 1. The van der Waals surface area contributed by atoms with Crippen molar-refractivity contribution in [3.63, 3.8) is 0 Å². The van der Waals surface area contributed by atoms with Crippen LogP contribution < -0.4 is 16.0 Å². The summed E-state index contributed by atoms with van der Waals surface area (Å²) in [4.78, 5) is 43.1. The Balaban J connectivity index is 2.06. The van der Waals surface area contributed by atoms with Gasteiger partial charge >= 0.3 is 5.69 Å². The third-order valence-corrected chi connectivity index (χ3v) is 6.04. The molecule has 3 rings (SSSR count). The Bertz CT molecular complexity index is 1210. The minimum absolute atomic E-state index is 0.0512. The van der Waals surface area contributed by atoms with E-state index < -0.39 is 11.2 Å². The number of hydrogen-bond acceptors (Lipinski definition) is 6. The molecule has 0 spiro atoms. The molecule has 0 aliphatic rings. The number of thioether (sulfide) groups is 1. The Kier molecular flexibility index (Phi) is 6.45. The first-order valence-corrected chi connectivity index (χ1v) is 10.6. The zero-order valence-electron chi connectivity index (χ0n) is 17.8. The summed E-state index contributed by atoms with van der Waals surface area (Å²) in [5.41, 5.74) is 0.982. The molecule has 0 amide bonds. The lowest BCUT2D eigenvalue weighted by Gasteiger charge is -2.15. The lowest BCUT2D eigenvalue weighted by atomic mass is 10.0. The molecule has 0 bridgehead atoms. The van der Waals surface area contributed by atoms with Crippen LogP contribution in [0.25, 0.3) is 11.0 Å². The van der Waals surface area contributed by atoms with Crippen molar-refractivity contribution in [2.24, 2.45) is 20.0 Å². The summed E-state index contributed by atoms with van der Waals surface area (Å²) in [5, 5.41) is 0.380. The number of rotatable bonds is 7. The summed E-state index contributed by atoms with van der Waals surface area (Å²) < 4.78 is 7.58. The second kappa shape index (κ2) is 8.87. The minimum Gasteiger partial charge on any atom is -0.497 e. The Labute approximate surface area is 178 Å². The number of aromatic nitrogens is 3. The fourth-order valence-corrected chi connectivity index (χ4v) is 4.38. The predicted molar refractivity (Wildman–Crippen MR) is 119 cm³/mol. The van der Waals surface area contributed by atoms with Crippen LogP contribution in [0.1, 0.15) is 29.8 Å². The van der Waals surface area contributed by atoms with Crippen LogP contribution in [0.15, 0.2) is 44.9 Å². The van der Waals surface area contributed by atoms with Crippen molar-refractivity contribution in [3.05, 3.63) is 62.4 Å². The maximum absolute atomic E-state index is 12.9. The van der Waals surface area contributed by atoms with Crippen molar-refractivity contribution < 1.29 is 9.53 Å². The number of nitrogens with zero attached hydrogens (tertiary/aromatic N) is 3. The highest BCUT2D eigenvalue weighted by Crippen LogP contribution is 2.30. The third kappa shape index (κ3) is 4.18. The second-order valence-corrected chi connectivity index (χ2v) is 8.54. The SMILES string of the molecule is COc1ccc(C(=O)CSc2c(CC(C)C)cnc3c2c(=O)n(C)c(=O)n3C)cc1. The van der Waals surface area contributed by atoms with Gasteiger partial charge in [0.1, 0.15) is 11.4 Å². The molecule has 0 radical (unpaired) electrons. The van der Waals surface area contributed by atoms with Gasteiger partial charge in [0.15, 0.2) is 5.78 Å². The van der Waals surface area contributed by atoms with Crippen LogP contribution >= 0.6 is 11.8 Å². The zero-order valence-corrected chi connectivity index (χ0v) is 18.6. The van der Waals surface area contributed by atoms with Crippen molar-refractivity contribution in [2.45, 2.75) is 25.2 Å².